The Labute approximate surface area is 97.9 Å². The molecule has 0 aliphatic carbocycles. The van der Waals surface area contributed by atoms with Crippen LogP contribution >= 0.6 is 0 Å². The molecule has 0 bridgehead atoms. The maximum absolute atomic E-state index is 11.5. The third kappa shape index (κ3) is 3.07. The van der Waals surface area contributed by atoms with Gasteiger partial charge in [-0.3, -0.25) is 9.59 Å². The van der Waals surface area contributed by atoms with E-state index in [0.29, 0.717) is 6.42 Å². The standard InChI is InChI=1S/C11H15NO5/c1-3-6(2)8(14)11(16)17-9-7(13)4-5-12-10(9)15/h4-6,11,16H,3H2,1-2H3,(H2,12,13,15). The fourth-order valence-corrected chi connectivity index (χ4v) is 1.18. The number of ether oxygens (including phenoxy) is 1. The lowest BCUT2D eigenvalue weighted by molar-refractivity contribution is -0.145. The monoisotopic (exact) mass is 241 g/mol. The Morgan fingerprint density at radius 1 is 1.59 bits per heavy atom. The summed E-state index contributed by atoms with van der Waals surface area (Å²) in [6, 6.07) is 1.19. The van der Waals surface area contributed by atoms with Crippen molar-refractivity contribution in [1.82, 2.24) is 4.98 Å². The Hall–Kier alpha value is -1.82. The molecule has 0 amide bonds. The minimum atomic E-state index is -1.75. The number of ketones is 1. The topological polar surface area (TPSA) is 99.6 Å². The zero-order chi connectivity index (χ0) is 13.0. The van der Waals surface area contributed by atoms with Gasteiger partial charge >= 0.3 is 0 Å². The van der Waals surface area contributed by atoms with E-state index in [1.54, 1.807) is 13.8 Å². The molecule has 0 radical (unpaired) electrons. The van der Waals surface area contributed by atoms with Crippen LogP contribution in [0.3, 0.4) is 0 Å². The number of nitrogens with one attached hydrogen (secondary N) is 1. The van der Waals surface area contributed by atoms with Crippen molar-refractivity contribution in [3.8, 4) is 11.5 Å². The summed E-state index contributed by atoms with van der Waals surface area (Å²) in [5, 5.41) is 18.8. The highest BCUT2D eigenvalue weighted by molar-refractivity contribution is 5.83. The van der Waals surface area contributed by atoms with E-state index in [4.69, 9.17) is 4.74 Å². The van der Waals surface area contributed by atoms with Crippen LogP contribution < -0.4 is 10.3 Å². The number of aliphatic hydroxyl groups excluding tert-OH is 1. The number of Topliss-reactive ketones (excluding diaryl/α,β-unsaturated/α-hetero) is 1. The molecule has 0 saturated carbocycles. The van der Waals surface area contributed by atoms with Crippen molar-refractivity contribution in [2.24, 2.45) is 5.92 Å². The molecule has 0 saturated heterocycles. The summed E-state index contributed by atoms with van der Waals surface area (Å²) < 4.78 is 4.77. The first kappa shape index (κ1) is 13.2. The minimum absolute atomic E-state index is 0.380. The number of aromatic hydroxyl groups is 1. The molecule has 1 aromatic rings. The average molecular weight is 241 g/mol. The third-order valence-corrected chi connectivity index (χ3v) is 2.47. The molecule has 3 N–H and O–H groups in total. The summed E-state index contributed by atoms with van der Waals surface area (Å²) in [4.78, 5) is 25.1. The maximum Gasteiger partial charge on any atom is 0.294 e. The van der Waals surface area contributed by atoms with Gasteiger partial charge in [0.25, 0.3) is 11.8 Å². The highest BCUT2D eigenvalue weighted by Gasteiger charge is 2.24. The quantitative estimate of drug-likeness (QED) is 0.648. The number of pyridine rings is 1. The first-order valence-electron chi connectivity index (χ1n) is 5.26. The molecule has 1 heterocycles. The lowest BCUT2D eigenvalue weighted by atomic mass is 10.0. The number of H-pyrrole nitrogens is 1. The molecule has 1 aromatic heterocycles. The van der Waals surface area contributed by atoms with E-state index < -0.39 is 29.1 Å². The maximum atomic E-state index is 11.5. The van der Waals surface area contributed by atoms with Crippen molar-refractivity contribution in [2.75, 3.05) is 0 Å². The first-order chi connectivity index (χ1) is 7.97. The van der Waals surface area contributed by atoms with Gasteiger partial charge in [-0.1, -0.05) is 13.8 Å². The van der Waals surface area contributed by atoms with Crippen molar-refractivity contribution in [3.05, 3.63) is 22.6 Å². The summed E-state index contributed by atoms with van der Waals surface area (Å²) in [7, 11) is 0. The summed E-state index contributed by atoms with van der Waals surface area (Å²) in [5.41, 5.74) is -0.707. The lowest BCUT2D eigenvalue weighted by Gasteiger charge is -2.15. The highest BCUT2D eigenvalue weighted by atomic mass is 16.6. The number of carbonyl (C=O) groups is 1. The van der Waals surface area contributed by atoms with Crippen LogP contribution in [0, 0.1) is 5.92 Å². The zero-order valence-electron chi connectivity index (χ0n) is 9.64. The van der Waals surface area contributed by atoms with Crippen LogP contribution in [0.15, 0.2) is 17.1 Å². The molecule has 2 atom stereocenters. The molecule has 1 rings (SSSR count). The summed E-state index contributed by atoms with van der Waals surface area (Å²) in [5.74, 6) is -1.80. The van der Waals surface area contributed by atoms with Gasteiger partial charge in [0.1, 0.15) is 0 Å². The minimum Gasteiger partial charge on any atom is -0.504 e. The number of rotatable bonds is 5. The summed E-state index contributed by atoms with van der Waals surface area (Å²) in [6.45, 7) is 3.44. The van der Waals surface area contributed by atoms with E-state index >= 15 is 0 Å². The Bertz CT molecular complexity index is 453. The van der Waals surface area contributed by atoms with Crippen LogP contribution in [0.25, 0.3) is 0 Å². The number of aromatic nitrogens is 1. The van der Waals surface area contributed by atoms with Crippen molar-refractivity contribution in [1.29, 1.82) is 0 Å². The molecule has 6 heteroatoms. The van der Waals surface area contributed by atoms with E-state index in [-0.39, 0.29) is 5.92 Å². The van der Waals surface area contributed by atoms with E-state index in [1.807, 2.05) is 0 Å². The van der Waals surface area contributed by atoms with Gasteiger partial charge in [0.05, 0.1) is 0 Å². The van der Waals surface area contributed by atoms with Crippen molar-refractivity contribution >= 4 is 5.78 Å². The van der Waals surface area contributed by atoms with Gasteiger partial charge in [-0.2, -0.15) is 0 Å². The van der Waals surface area contributed by atoms with E-state index in [2.05, 4.69) is 4.98 Å². The van der Waals surface area contributed by atoms with Gasteiger partial charge in [-0.15, -0.1) is 0 Å². The van der Waals surface area contributed by atoms with Crippen LogP contribution in [-0.2, 0) is 4.79 Å². The highest BCUT2D eigenvalue weighted by Crippen LogP contribution is 2.20. The molecule has 0 fully saturated rings. The molecule has 0 aliphatic heterocycles. The van der Waals surface area contributed by atoms with Gasteiger partial charge in [0.2, 0.25) is 11.5 Å². The molecule has 94 valence electrons. The number of aromatic amines is 1. The second kappa shape index (κ2) is 5.49. The molecule has 6 nitrogen and oxygen atoms in total. The van der Waals surface area contributed by atoms with Crippen LogP contribution in [0.5, 0.6) is 11.5 Å². The number of aliphatic hydroxyl groups is 1. The first-order valence-corrected chi connectivity index (χ1v) is 5.26. The summed E-state index contributed by atoms with van der Waals surface area (Å²) >= 11 is 0. The molecular weight excluding hydrogens is 226 g/mol. The van der Waals surface area contributed by atoms with Crippen molar-refractivity contribution in [2.45, 2.75) is 26.6 Å². The van der Waals surface area contributed by atoms with Crippen LogP contribution in [0.1, 0.15) is 20.3 Å². The fraction of sp³-hybridized carbons (Fsp3) is 0.455. The van der Waals surface area contributed by atoms with E-state index in [0.717, 1.165) is 0 Å². The van der Waals surface area contributed by atoms with Gasteiger partial charge in [0.15, 0.2) is 5.75 Å². The number of hydrogen-bond acceptors (Lipinski definition) is 5. The Morgan fingerprint density at radius 2 is 2.24 bits per heavy atom. The Kier molecular flexibility index (Phi) is 4.28. The third-order valence-electron chi connectivity index (χ3n) is 2.47. The Balaban J connectivity index is 2.85. The van der Waals surface area contributed by atoms with Gasteiger partial charge in [-0.25, -0.2) is 0 Å². The predicted molar refractivity (Wildman–Crippen MR) is 59.8 cm³/mol. The van der Waals surface area contributed by atoms with E-state index in [9.17, 15) is 19.8 Å². The lowest BCUT2D eigenvalue weighted by Crippen LogP contribution is -2.33. The van der Waals surface area contributed by atoms with Crippen LogP contribution in [-0.4, -0.2) is 27.3 Å². The largest absolute Gasteiger partial charge is 0.504 e. The van der Waals surface area contributed by atoms with Gasteiger partial charge < -0.3 is 19.9 Å². The summed E-state index contributed by atoms with van der Waals surface area (Å²) in [6.07, 6.45) is 0.0309. The molecule has 0 spiro atoms. The van der Waals surface area contributed by atoms with E-state index in [1.165, 1.54) is 12.3 Å². The molecule has 2 unspecified atom stereocenters. The number of carbonyl (C=O) groups excluding carboxylic acids is 1. The second-order valence-electron chi connectivity index (χ2n) is 3.70. The van der Waals surface area contributed by atoms with Gasteiger partial charge in [-0.05, 0) is 6.42 Å². The smallest absolute Gasteiger partial charge is 0.294 e. The normalized spacial score (nSPS) is 14.1. The average Bonchev–Trinajstić information content (AvgIpc) is 2.31. The predicted octanol–water partition coefficient (Wildman–Crippen LogP) is 0.393. The van der Waals surface area contributed by atoms with Crippen molar-refractivity contribution < 1.29 is 19.7 Å². The molecule has 17 heavy (non-hydrogen) atoms. The van der Waals surface area contributed by atoms with Gasteiger partial charge in [0, 0.05) is 18.2 Å². The van der Waals surface area contributed by atoms with Crippen LogP contribution in [0.2, 0.25) is 0 Å². The molecule has 0 aliphatic rings. The molecule has 0 aromatic carbocycles. The SMILES string of the molecule is CCC(C)C(=O)C(O)Oc1c(O)cc[nH]c1=O. The number of hydrogen-bond donors (Lipinski definition) is 3. The molecular formula is C11H15NO5. The fourth-order valence-electron chi connectivity index (χ4n) is 1.18. The Morgan fingerprint density at radius 3 is 2.76 bits per heavy atom. The van der Waals surface area contributed by atoms with Crippen LogP contribution in [0.4, 0.5) is 0 Å². The van der Waals surface area contributed by atoms with Crippen molar-refractivity contribution in [3.63, 3.8) is 0 Å². The second-order valence-corrected chi connectivity index (χ2v) is 3.70. The zero-order valence-corrected chi connectivity index (χ0v) is 9.64.